The van der Waals surface area contributed by atoms with Crippen LogP contribution in [0.1, 0.15) is 36.5 Å². The van der Waals surface area contributed by atoms with Gasteiger partial charge in [0.1, 0.15) is 6.04 Å². The smallest absolute Gasteiger partial charge is 0.308 e. The molecule has 0 aromatic carbocycles. The standard InChI is InChI=1S/C17H25N5O4/c1-11(2)20-6-7-22-12(10-20)8-13(19-22)17(25)21-5-4-18-16(24)14(21)9-15(23)26-3/h8,11,14H,4-7,9-10H2,1-3H3,(H,18,24)/t14-/m1/s1. The molecular weight excluding hydrogens is 338 g/mol. The van der Waals surface area contributed by atoms with E-state index in [9.17, 15) is 14.4 Å². The zero-order chi connectivity index (χ0) is 18.8. The fraction of sp³-hybridized carbons (Fsp3) is 0.647. The van der Waals surface area contributed by atoms with E-state index in [2.05, 4.69) is 33.9 Å². The molecule has 1 atom stereocenters. The van der Waals surface area contributed by atoms with E-state index >= 15 is 0 Å². The Morgan fingerprint density at radius 2 is 2.12 bits per heavy atom. The topological polar surface area (TPSA) is 96.8 Å². The summed E-state index contributed by atoms with van der Waals surface area (Å²) in [4.78, 5) is 40.5. The average molecular weight is 363 g/mol. The maximum atomic E-state index is 13.0. The molecule has 1 aromatic rings. The molecule has 0 saturated carbocycles. The molecule has 0 aliphatic carbocycles. The molecule has 1 aromatic heterocycles. The summed E-state index contributed by atoms with van der Waals surface area (Å²) in [5.41, 5.74) is 1.30. The number of nitrogens with one attached hydrogen (secondary N) is 1. The van der Waals surface area contributed by atoms with E-state index in [-0.39, 0.29) is 18.2 Å². The van der Waals surface area contributed by atoms with Gasteiger partial charge in [-0.15, -0.1) is 0 Å². The van der Waals surface area contributed by atoms with Gasteiger partial charge in [-0.25, -0.2) is 0 Å². The molecule has 1 saturated heterocycles. The summed E-state index contributed by atoms with van der Waals surface area (Å²) in [5.74, 6) is -1.20. The molecule has 3 heterocycles. The van der Waals surface area contributed by atoms with Crippen LogP contribution in [-0.2, 0) is 27.4 Å². The number of hydrogen-bond acceptors (Lipinski definition) is 6. The molecule has 1 N–H and O–H groups in total. The van der Waals surface area contributed by atoms with Crippen molar-refractivity contribution in [2.75, 3.05) is 26.7 Å². The van der Waals surface area contributed by atoms with Crippen molar-refractivity contribution in [2.24, 2.45) is 0 Å². The molecule has 2 aliphatic rings. The highest BCUT2D eigenvalue weighted by atomic mass is 16.5. The van der Waals surface area contributed by atoms with Crippen LogP contribution in [0.25, 0.3) is 0 Å². The second kappa shape index (κ2) is 7.45. The van der Waals surface area contributed by atoms with Crippen LogP contribution in [-0.4, -0.2) is 76.2 Å². The number of carbonyl (C=O) groups is 3. The number of piperazine rings is 1. The normalized spacial score (nSPS) is 20.7. The van der Waals surface area contributed by atoms with Crippen LogP contribution in [0.2, 0.25) is 0 Å². The SMILES string of the molecule is COC(=O)C[C@@H]1C(=O)NCCN1C(=O)c1cc2n(n1)CCN(C(C)C)C2. The van der Waals surface area contributed by atoms with Gasteiger partial charge in [0, 0.05) is 32.2 Å². The number of methoxy groups -OCH3 is 1. The van der Waals surface area contributed by atoms with Crippen molar-refractivity contribution >= 4 is 17.8 Å². The van der Waals surface area contributed by atoms with Gasteiger partial charge in [-0.2, -0.15) is 5.10 Å². The lowest BCUT2D eigenvalue weighted by atomic mass is 10.1. The zero-order valence-electron chi connectivity index (χ0n) is 15.4. The highest BCUT2D eigenvalue weighted by Gasteiger charge is 2.36. The fourth-order valence-corrected chi connectivity index (χ4v) is 3.38. The molecular formula is C17H25N5O4. The van der Waals surface area contributed by atoms with Gasteiger partial charge >= 0.3 is 5.97 Å². The fourth-order valence-electron chi connectivity index (χ4n) is 3.38. The summed E-state index contributed by atoms with van der Waals surface area (Å²) in [5, 5.41) is 7.12. The quantitative estimate of drug-likeness (QED) is 0.732. The molecule has 1 fully saturated rings. The second-order valence-corrected chi connectivity index (χ2v) is 6.89. The predicted octanol–water partition coefficient (Wildman–Crippen LogP) is -0.389. The molecule has 0 radical (unpaired) electrons. The molecule has 2 amide bonds. The lowest BCUT2D eigenvalue weighted by molar-refractivity contribution is -0.145. The van der Waals surface area contributed by atoms with Gasteiger partial charge in [-0.1, -0.05) is 0 Å². The first kappa shape index (κ1) is 18.4. The van der Waals surface area contributed by atoms with E-state index in [0.717, 1.165) is 25.3 Å². The van der Waals surface area contributed by atoms with Crippen LogP contribution in [0, 0.1) is 0 Å². The number of ether oxygens (including phenoxy) is 1. The molecule has 0 spiro atoms. The summed E-state index contributed by atoms with van der Waals surface area (Å²) in [6, 6.07) is 1.35. The van der Waals surface area contributed by atoms with Crippen LogP contribution in [0.5, 0.6) is 0 Å². The largest absolute Gasteiger partial charge is 0.469 e. The Morgan fingerprint density at radius 1 is 1.35 bits per heavy atom. The van der Waals surface area contributed by atoms with Gasteiger partial charge in [0.2, 0.25) is 5.91 Å². The minimum absolute atomic E-state index is 0.164. The van der Waals surface area contributed by atoms with Crippen molar-refractivity contribution in [3.05, 3.63) is 17.5 Å². The molecule has 9 nitrogen and oxygen atoms in total. The lowest BCUT2D eigenvalue weighted by Crippen LogP contribution is -2.57. The van der Waals surface area contributed by atoms with Gasteiger partial charge in [0.15, 0.2) is 5.69 Å². The van der Waals surface area contributed by atoms with Crippen LogP contribution < -0.4 is 5.32 Å². The first-order valence-corrected chi connectivity index (χ1v) is 8.87. The molecule has 9 heteroatoms. The molecule has 2 aliphatic heterocycles. The van der Waals surface area contributed by atoms with Gasteiger partial charge < -0.3 is 15.0 Å². The Hall–Kier alpha value is -2.42. The van der Waals surface area contributed by atoms with Gasteiger partial charge in [-0.3, -0.25) is 24.0 Å². The zero-order valence-corrected chi connectivity index (χ0v) is 15.4. The maximum absolute atomic E-state index is 13.0. The third-order valence-corrected chi connectivity index (χ3v) is 4.96. The first-order valence-electron chi connectivity index (χ1n) is 8.87. The minimum atomic E-state index is -0.866. The summed E-state index contributed by atoms with van der Waals surface area (Å²) in [7, 11) is 1.26. The molecule has 0 unspecified atom stereocenters. The summed E-state index contributed by atoms with van der Waals surface area (Å²) in [6.07, 6.45) is -0.164. The molecule has 26 heavy (non-hydrogen) atoms. The minimum Gasteiger partial charge on any atom is -0.469 e. The highest BCUT2D eigenvalue weighted by molar-refractivity contribution is 5.98. The molecule has 3 rings (SSSR count). The van der Waals surface area contributed by atoms with Crippen molar-refractivity contribution in [1.29, 1.82) is 0 Å². The first-order chi connectivity index (χ1) is 12.4. The Bertz CT molecular complexity index is 714. The number of hydrogen-bond donors (Lipinski definition) is 1. The van der Waals surface area contributed by atoms with Crippen LogP contribution >= 0.6 is 0 Å². The van der Waals surface area contributed by atoms with Crippen molar-refractivity contribution in [1.82, 2.24) is 24.9 Å². The average Bonchev–Trinajstić information content (AvgIpc) is 3.05. The number of nitrogens with zero attached hydrogens (tertiary/aromatic N) is 4. The summed E-state index contributed by atoms with van der Waals surface area (Å²) < 4.78 is 6.51. The van der Waals surface area contributed by atoms with E-state index in [1.807, 2.05) is 4.68 Å². The van der Waals surface area contributed by atoms with Gasteiger partial charge in [0.25, 0.3) is 5.91 Å². The Balaban J connectivity index is 1.79. The van der Waals surface area contributed by atoms with Crippen molar-refractivity contribution in [3.63, 3.8) is 0 Å². The van der Waals surface area contributed by atoms with E-state index in [1.54, 1.807) is 6.07 Å². The van der Waals surface area contributed by atoms with E-state index in [1.165, 1.54) is 12.0 Å². The van der Waals surface area contributed by atoms with Crippen molar-refractivity contribution in [2.45, 2.75) is 45.4 Å². The predicted molar refractivity (Wildman–Crippen MR) is 92.2 cm³/mol. The number of amides is 2. The third-order valence-electron chi connectivity index (χ3n) is 4.96. The highest BCUT2D eigenvalue weighted by Crippen LogP contribution is 2.19. The second-order valence-electron chi connectivity index (χ2n) is 6.89. The molecule has 0 bridgehead atoms. The monoisotopic (exact) mass is 363 g/mol. The number of esters is 1. The number of carbonyl (C=O) groups excluding carboxylic acids is 3. The number of rotatable bonds is 4. The lowest BCUT2D eigenvalue weighted by Gasteiger charge is -2.33. The van der Waals surface area contributed by atoms with E-state index < -0.39 is 12.0 Å². The summed E-state index contributed by atoms with van der Waals surface area (Å²) >= 11 is 0. The van der Waals surface area contributed by atoms with Crippen LogP contribution in [0.4, 0.5) is 0 Å². The Kier molecular flexibility index (Phi) is 5.26. The van der Waals surface area contributed by atoms with Crippen LogP contribution in [0.3, 0.4) is 0 Å². The van der Waals surface area contributed by atoms with Crippen LogP contribution in [0.15, 0.2) is 6.07 Å². The van der Waals surface area contributed by atoms with Gasteiger partial charge in [0.05, 0.1) is 25.8 Å². The maximum Gasteiger partial charge on any atom is 0.308 e. The Morgan fingerprint density at radius 3 is 2.81 bits per heavy atom. The van der Waals surface area contributed by atoms with Crippen molar-refractivity contribution in [3.8, 4) is 0 Å². The van der Waals surface area contributed by atoms with E-state index in [4.69, 9.17) is 0 Å². The Labute approximate surface area is 152 Å². The summed E-state index contributed by atoms with van der Waals surface area (Å²) in [6.45, 7) is 7.33. The number of fused-ring (bicyclic) bond motifs is 1. The number of aromatic nitrogens is 2. The third kappa shape index (κ3) is 3.57. The molecule has 142 valence electrons. The van der Waals surface area contributed by atoms with E-state index in [0.29, 0.717) is 24.8 Å². The van der Waals surface area contributed by atoms with Gasteiger partial charge in [-0.05, 0) is 19.9 Å². The van der Waals surface area contributed by atoms with Crippen molar-refractivity contribution < 1.29 is 19.1 Å².